The lowest BCUT2D eigenvalue weighted by Crippen LogP contribution is -2.04. The van der Waals surface area contributed by atoms with Crippen LogP contribution in [0.5, 0.6) is 0 Å². The van der Waals surface area contributed by atoms with Gasteiger partial charge < -0.3 is 5.11 Å². The quantitative estimate of drug-likeness (QED) is 0.724. The Labute approximate surface area is 94.3 Å². The maximum Gasteiger partial charge on any atom is 0.313 e. The molecule has 16 heavy (non-hydrogen) atoms. The van der Waals surface area contributed by atoms with Crippen LogP contribution in [-0.2, 0) is 11.8 Å². The van der Waals surface area contributed by atoms with Crippen molar-refractivity contribution >= 4 is 17.7 Å². The van der Waals surface area contributed by atoms with E-state index in [1.54, 1.807) is 24.0 Å². The van der Waals surface area contributed by atoms with Crippen molar-refractivity contribution in [2.24, 2.45) is 7.05 Å². The predicted molar refractivity (Wildman–Crippen MR) is 54.3 cm³/mol. The van der Waals surface area contributed by atoms with Gasteiger partial charge in [0.05, 0.1) is 5.75 Å². The molecule has 0 aliphatic heterocycles. The van der Waals surface area contributed by atoms with Crippen molar-refractivity contribution in [3.63, 3.8) is 0 Å². The van der Waals surface area contributed by atoms with E-state index in [0.717, 1.165) is 11.8 Å². The fourth-order valence-electron chi connectivity index (χ4n) is 1.05. The van der Waals surface area contributed by atoms with Gasteiger partial charge in [0, 0.05) is 19.3 Å². The lowest BCUT2D eigenvalue weighted by molar-refractivity contribution is -0.133. The van der Waals surface area contributed by atoms with Gasteiger partial charge in [0.1, 0.15) is 0 Å². The molecule has 0 saturated carbocycles. The first-order chi connectivity index (χ1) is 7.66. The average molecular weight is 240 g/mol. The van der Waals surface area contributed by atoms with Gasteiger partial charge in [-0.1, -0.05) is 11.8 Å². The molecule has 0 amide bonds. The van der Waals surface area contributed by atoms with Gasteiger partial charge in [0.15, 0.2) is 5.82 Å². The number of carboxylic acids is 1. The fraction of sp³-hybridized carbons (Fsp3) is 0.286. The van der Waals surface area contributed by atoms with Gasteiger partial charge in [0.25, 0.3) is 0 Å². The van der Waals surface area contributed by atoms with E-state index in [-0.39, 0.29) is 5.75 Å². The van der Waals surface area contributed by atoms with Crippen LogP contribution in [0.15, 0.2) is 17.4 Å². The Morgan fingerprint density at radius 1 is 1.62 bits per heavy atom. The highest BCUT2D eigenvalue weighted by Crippen LogP contribution is 2.16. The van der Waals surface area contributed by atoms with E-state index in [9.17, 15) is 4.79 Å². The van der Waals surface area contributed by atoms with Crippen LogP contribution in [0.1, 0.15) is 0 Å². The molecule has 0 unspecified atom stereocenters. The summed E-state index contributed by atoms with van der Waals surface area (Å²) >= 11 is 1.04. The third-order valence-corrected chi connectivity index (χ3v) is 2.59. The van der Waals surface area contributed by atoms with Crippen molar-refractivity contribution in [2.75, 3.05) is 5.75 Å². The number of aromatic nitrogens is 6. The second-order valence-electron chi connectivity index (χ2n) is 2.90. The molecule has 0 aromatic carbocycles. The molecule has 1 N–H and O–H groups in total. The van der Waals surface area contributed by atoms with Crippen molar-refractivity contribution in [1.82, 2.24) is 30.0 Å². The lowest BCUT2D eigenvalue weighted by Gasteiger charge is -1.98. The average Bonchev–Trinajstić information content (AvgIpc) is 2.82. The molecule has 0 atom stereocenters. The number of aryl methyl sites for hydroxylation is 1. The Morgan fingerprint density at radius 2 is 2.44 bits per heavy atom. The van der Waals surface area contributed by atoms with Gasteiger partial charge in [-0.25, -0.2) is 0 Å². The third kappa shape index (κ3) is 2.19. The minimum absolute atomic E-state index is 0.0901. The van der Waals surface area contributed by atoms with E-state index in [1.807, 2.05) is 0 Å². The van der Waals surface area contributed by atoms with Crippen LogP contribution in [0.3, 0.4) is 0 Å². The van der Waals surface area contributed by atoms with E-state index in [4.69, 9.17) is 5.11 Å². The summed E-state index contributed by atoms with van der Waals surface area (Å²) in [5, 5.41) is 24.0. The van der Waals surface area contributed by atoms with Crippen molar-refractivity contribution in [2.45, 2.75) is 5.16 Å². The van der Waals surface area contributed by atoms with Crippen molar-refractivity contribution in [3.8, 4) is 5.82 Å². The molecule has 9 heteroatoms. The van der Waals surface area contributed by atoms with Crippen molar-refractivity contribution < 1.29 is 9.90 Å². The molecule has 0 bridgehead atoms. The van der Waals surface area contributed by atoms with E-state index < -0.39 is 5.97 Å². The van der Waals surface area contributed by atoms with Gasteiger partial charge in [0.2, 0.25) is 5.16 Å². The summed E-state index contributed by atoms with van der Waals surface area (Å²) in [5.74, 6) is -0.450. The Balaban J connectivity index is 2.22. The highest BCUT2D eigenvalue weighted by atomic mass is 32.2. The first-order valence-corrected chi connectivity index (χ1v) is 5.28. The maximum atomic E-state index is 10.4. The van der Waals surface area contributed by atoms with Gasteiger partial charge in [-0.15, -0.1) is 5.10 Å². The van der Waals surface area contributed by atoms with Crippen LogP contribution in [-0.4, -0.2) is 46.8 Å². The van der Waals surface area contributed by atoms with E-state index in [1.165, 1.54) is 4.68 Å². The molecule has 0 aliphatic carbocycles. The first kappa shape index (κ1) is 10.6. The number of carboxylic acid groups (broad SMARTS) is 1. The largest absolute Gasteiger partial charge is 0.481 e. The summed E-state index contributed by atoms with van der Waals surface area (Å²) in [6.45, 7) is 0. The monoisotopic (exact) mass is 240 g/mol. The maximum absolute atomic E-state index is 10.4. The summed E-state index contributed by atoms with van der Waals surface area (Å²) in [5.41, 5.74) is 0. The zero-order chi connectivity index (χ0) is 11.5. The summed E-state index contributed by atoms with van der Waals surface area (Å²) in [4.78, 5) is 10.4. The highest BCUT2D eigenvalue weighted by Gasteiger charge is 2.12. The zero-order valence-electron chi connectivity index (χ0n) is 8.31. The molecule has 0 fully saturated rings. The SMILES string of the molecule is Cn1ccc(-n2nnnc2SCC(=O)O)n1. The Kier molecular flexibility index (Phi) is 2.86. The number of rotatable bonds is 4. The molecule has 0 radical (unpaired) electrons. The zero-order valence-corrected chi connectivity index (χ0v) is 9.13. The van der Waals surface area contributed by atoms with Gasteiger partial charge >= 0.3 is 5.97 Å². The van der Waals surface area contributed by atoms with Crippen LogP contribution in [0.25, 0.3) is 5.82 Å². The Hall–Kier alpha value is -1.90. The molecule has 84 valence electrons. The standard InChI is InChI=1S/C7H8N6O2S/c1-12-3-2-5(9-12)13-7(8-10-11-13)16-4-6(14)15/h2-3H,4H2,1H3,(H,14,15). The molecule has 2 rings (SSSR count). The number of tetrazole rings is 1. The second kappa shape index (κ2) is 4.31. The molecule has 2 heterocycles. The van der Waals surface area contributed by atoms with Crippen molar-refractivity contribution in [1.29, 1.82) is 0 Å². The van der Waals surface area contributed by atoms with Gasteiger partial charge in [-0.05, 0) is 10.4 Å². The fourth-order valence-corrected chi connectivity index (χ4v) is 1.65. The summed E-state index contributed by atoms with van der Waals surface area (Å²) in [7, 11) is 1.78. The normalized spacial score (nSPS) is 10.6. The van der Waals surface area contributed by atoms with Gasteiger partial charge in [-0.3, -0.25) is 9.48 Å². The van der Waals surface area contributed by atoms with Crippen LogP contribution in [0, 0.1) is 0 Å². The Morgan fingerprint density at radius 3 is 3.06 bits per heavy atom. The predicted octanol–water partition coefficient (Wildman–Crippen LogP) is -0.428. The van der Waals surface area contributed by atoms with Crippen LogP contribution < -0.4 is 0 Å². The highest BCUT2D eigenvalue weighted by molar-refractivity contribution is 7.99. The molecular formula is C7H8N6O2S. The summed E-state index contributed by atoms with van der Waals surface area (Å²) in [6.07, 6.45) is 1.75. The first-order valence-electron chi connectivity index (χ1n) is 4.30. The van der Waals surface area contributed by atoms with Crippen LogP contribution in [0.2, 0.25) is 0 Å². The molecular weight excluding hydrogens is 232 g/mol. The topological polar surface area (TPSA) is 98.7 Å². The molecule has 2 aromatic heterocycles. The lowest BCUT2D eigenvalue weighted by atomic mass is 10.6. The van der Waals surface area contributed by atoms with Crippen molar-refractivity contribution in [3.05, 3.63) is 12.3 Å². The number of hydrogen-bond donors (Lipinski definition) is 1. The van der Waals surface area contributed by atoms with E-state index >= 15 is 0 Å². The van der Waals surface area contributed by atoms with Crippen LogP contribution in [0.4, 0.5) is 0 Å². The second-order valence-corrected chi connectivity index (χ2v) is 3.85. The number of carbonyl (C=O) groups is 1. The minimum Gasteiger partial charge on any atom is -0.481 e. The van der Waals surface area contributed by atoms with Crippen LogP contribution >= 0.6 is 11.8 Å². The molecule has 0 saturated heterocycles. The smallest absolute Gasteiger partial charge is 0.313 e. The minimum atomic E-state index is -0.916. The third-order valence-electron chi connectivity index (χ3n) is 1.68. The number of thioether (sulfide) groups is 1. The Bertz CT molecular complexity index is 506. The molecule has 8 nitrogen and oxygen atoms in total. The molecule has 0 aliphatic rings. The number of nitrogens with zero attached hydrogens (tertiary/aromatic N) is 6. The molecule has 2 aromatic rings. The number of hydrogen-bond acceptors (Lipinski definition) is 6. The van der Waals surface area contributed by atoms with E-state index in [2.05, 4.69) is 20.6 Å². The molecule has 0 spiro atoms. The summed E-state index contributed by atoms with van der Waals surface area (Å²) < 4.78 is 3.01. The summed E-state index contributed by atoms with van der Waals surface area (Å²) in [6, 6.07) is 1.74. The van der Waals surface area contributed by atoms with Gasteiger partial charge in [-0.2, -0.15) is 9.78 Å². The van der Waals surface area contributed by atoms with E-state index in [0.29, 0.717) is 11.0 Å². The number of aliphatic carboxylic acids is 1.